The lowest BCUT2D eigenvalue weighted by molar-refractivity contribution is 0.306. The van der Waals surface area contributed by atoms with E-state index in [1.807, 2.05) is 24.3 Å². The third-order valence-corrected chi connectivity index (χ3v) is 3.65. The van der Waals surface area contributed by atoms with E-state index in [0.29, 0.717) is 22.4 Å². The molecule has 23 heavy (non-hydrogen) atoms. The molecule has 0 aliphatic heterocycles. The highest BCUT2D eigenvalue weighted by molar-refractivity contribution is 6.31. The van der Waals surface area contributed by atoms with Gasteiger partial charge >= 0.3 is 0 Å². The largest absolute Gasteiger partial charge is 0.488 e. The molecule has 0 radical (unpaired) electrons. The van der Waals surface area contributed by atoms with Gasteiger partial charge in [-0.05, 0) is 24.3 Å². The molecule has 2 aromatic carbocycles. The lowest BCUT2D eigenvalue weighted by Gasteiger charge is -2.10. The Labute approximate surface area is 143 Å². The number of aromatic nitrogens is 3. The molecule has 1 heterocycles. The molecule has 1 aromatic heterocycles. The third kappa shape index (κ3) is 4.09. The second kappa shape index (κ2) is 7.26. The van der Waals surface area contributed by atoms with Crippen LogP contribution in [0.5, 0.6) is 5.75 Å². The van der Waals surface area contributed by atoms with Crippen LogP contribution in [-0.2, 0) is 6.61 Å². The van der Waals surface area contributed by atoms with Gasteiger partial charge in [0.1, 0.15) is 25.0 Å². The van der Waals surface area contributed by atoms with Crippen LogP contribution in [0.15, 0.2) is 60.2 Å². The van der Waals surface area contributed by atoms with Gasteiger partial charge in [0.15, 0.2) is 0 Å². The number of halogens is 2. The predicted octanol–water partition coefficient (Wildman–Crippen LogP) is 4.05. The number of ether oxygens (including phenoxy) is 1. The number of nitrogens with zero attached hydrogens (tertiary/aromatic N) is 4. The first-order valence-corrected chi connectivity index (χ1v) is 7.53. The normalized spacial score (nSPS) is 11.0. The first-order valence-electron chi connectivity index (χ1n) is 6.77. The zero-order valence-electron chi connectivity index (χ0n) is 11.9. The van der Waals surface area contributed by atoms with Crippen LogP contribution in [0.2, 0.25) is 10.0 Å². The predicted molar refractivity (Wildman–Crippen MR) is 90.3 cm³/mol. The molecule has 3 aromatic rings. The van der Waals surface area contributed by atoms with Crippen LogP contribution in [0.3, 0.4) is 0 Å². The molecule has 0 unspecified atom stereocenters. The molecule has 0 aliphatic rings. The molecule has 0 bridgehead atoms. The van der Waals surface area contributed by atoms with Gasteiger partial charge in [0.2, 0.25) is 0 Å². The lowest BCUT2D eigenvalue weighted by Crippen LogP contribution is -1.99. The van der Waals surface area contributed by atoms with E-state index in [9.17, 15) is 0 Å². The van der Waals surface area contributed by atoms with Gasteiger partial charge in [-0.3, -0.25) is 0 Å². The molecule has 0 amide bonds. The van der Waals surface area contributed by atoms with Crippen molar-refractivity contribution in [2.24, 2.45) is 5.10 Å². The summed E-state index contributed by atoms with van der Waals surface area (Å²) in [4.78, 5) is 0. The second-order valence-corrected chi connectivity index (χ2v) is 5.49. The number of benzene rings is 2. The summed E-state index contributed by atoms with van der Waals surface area (Å²) in [6, 6.07) is 12.9. The van der Waals surface area contributed by atoms with Gasteiger partial charge in [0, 0.05) is 21.2 Å². The molecule has 5 nitrogen and oxygen atoms in total. The number of hydrogen-bond donors (Lipinski definition) is 0. The van der Waals surface area contributed by atoms with Gasteiger partial charge in [-0.25, -0.2) is 4.68 Å². The van der Waals surface area contributed by atoms with Crippen LogP contribution in [0.4, 0.5) is 0 Å². The molecule has 7 heteroatoms. The summed E-state index contributed by atoms with van der Waals surface area (Å²) in [7, 11) is 0. The Morgan fingerprint density at radius 2 is 1.87 bits per heavy atom. The maximum Gasteiger partial charge on any atom is 0.141 e. The first-order chi connectivity index (χ1) is 11.2. The Morgan fingerprint density at radius 1 is 1.09 bits per heavy atom. The molecule has 0 atom stereocenters. The minimum atomic E-state index is 0.356. The van der Waals surface area contributed by atoms with Crippen LogP contribution in [0, 0.1) is 0 Å². The fourth-order valence-electron chi connectivity index (χ4n) is 1.91. The Kier molecular flexibility index (Phi) is 4.90. The summed E-state index contributed by atoms with van der Waals surface area (Å²) in [6.07, 6.45) is 4.62. The van der Waals surface area contributed by atoms with E-state index in [4.69, 9.17) is 27.9 Å². The molecule has 0 N–H and O–H groups in total. The quantitative estimate of drug-likeness (QED) is 0.655. The monoisotopic (exact) mass is 346 g/mol. The van der Waals surface area contributed by atoms with Crippen molar-refractivity contribution >= 4 is 29.4 Å². The summed E-state index contributed by atoms with van der Waals surface area (Å²) in [5.74, 6) is 0.658. The molecule has 116 valence electrons. The average Bonchev–Trinajstić information content (AvgIpc) is 3.07. The van der Waals surface area contributed by atoms with Crippen molar-refractivity contribution in [3.63, 3.8) is 0 Å². The van der Waals surface area contributed by atoms with Crippen molar-refractivity contribution in [2.45, 2.75) is 6.61 Å². The molecule has 0 spiro atoms. The minimum absolute atomic E-state index is 0.356. The van der Waals surface area contributed by atoms with Gasteiger partial charge in [-0.15, -0.1) is 10.2 Å². The van der Waals surface area contributed by atoms with E-state index in [-0.39, 0.29) is 0 Å². The van der Waals surface area contributed by atoms with Crippen molar-refractivity contribution in [3.05, 3.63) is 76.3 Å². The van der Waals surface area contributed by atoms with Crippen molar-refractivity contribution in [1.29, 1.82) is 0 Å². The van der Waals surface area contributed by atoms with Gasteiger partial charge < -0.3 is 4.74 Å². The lowest BCUT2D eigenvalue weighted by atomic mass is 10.2. The molecule has 0 saturated carbocycles. The second-order valence-electron chi connectivity index (χ2n) is 4.65. The smallest absolute Gasteiger partial charge is 0.141 e. The Morgan fingerprint density at radius 3 is 2.65 bits per heavy atom. The fourth-order valence-corrected chi connectivity index (χ4v) is 2.28. The SMILES string of the molecule is Clc1ccc(OCc2ccccc2Cl)c(/C=N/n2cnnc2)c1. The molecule has 0 aliphatic carbocycles. The first kappa shape index (κ1) is 15.5. The van der Waals surface area contributed by atoms with Crippen LogP contribution in [0.1, 0.15) is 11.1 Å². The number of rotatable bonds is 5. The van der Waals surface area contributed by atoms with Crippen LogP contribution < -0.4 is 4.74 Å². The van der Waals surface area contributed by atoms with Gasteiger partial charge in [0.05, 0.1) is 6.21 Å². The van der Waals surface area contributed by atoms with Crippen molar-refractivity contribution in [2.75, 3.05) is 0 Å². The van der Waals surface area contributed by atoms with Crippen LogP contribution in [-0.4, -0.2) is 21.1 Å². The standard InChI is InChI=1S/C16H12Cl2N4O/c17-14-5-6-16(23-9-12-3-1-2-4-15(12)18)13(7-14)8-21-22-10-19-20-11-22/h1-8,10-11H,9H2/b21-8+. The van der Waals surface area contributed by atoms with Gasteiger partial charge in [0.25, 0.3) is 0 Å². The molecule has 0 fully saturated rings. The summed E-state index contributed by atoms with van der Waals surface area (Å²) in [6.45, 7) is 0.356. The summed E-state index contributed by atoms with van der Waals surface area (Å²) in [5.41, 5.74) is 1.66. The molecular weight excluding hydrogens is 335 g/mol. The zero-order chi connectivity index (χ0) is 16.1. The van der Waals surface area contributed by atoms with Crippen molar-refractivity contribution in [3.8, 4) is 5.75 Å². The van der Waals surface area contributed by atoms with Gasteiger partial charge in [-0.1, -0.05) is 41.4 Å². The summed E-state index contributed by atoms with van der Waals surface area (Å²) in [5, 5.41) is 12.9. The highest BCUT2D eigenvalue weighted by Gasteiger charge is 2.05. The minimum Gasteiger partial charge on any atom is -0.488 e. The summed E-state index contributed by atoms with van der Waals surface area (Å²) < 4.78 is 7.34. The van der Waals surface area contributed by atoms with E-state index in [2.05, 4.69) is 15.3 Å². The third-order valence-electron chi connectivity index (χ3n) is 3.05. The van der Waals surface area contributed by atoms with E-state index in [1.54, 1.807) is 24.4 Å². The van der Waals surface area contributed by atoms with Crippen molar-refractivity contribution in [1.82, 2.24) is 14.9 Å². The van der Waals surface area contributed by atoms with Crippen LogP contribution >= 0.6 is 23.2 Å². The maximum atomic E-state index is 6.14. The molecular formula is C16H12Cl2N4O. The van der Waals surface area contributed by atoms with Gasteiger partial charge in [-0.2, -0.15) is 5.10 Å². The zero-order valence-corrected chi connectivity index (χ0v) is 13.4. The topological polar surface area (TPSA) is 52.3 Å². The van der Waals surface area contributed by atoms with Crippen molar-refractivity contribution < 1.29 is 4.74 Å². The fraction of sp³-hybridized carbons (Fsp3) is 0.0625. The average molecular weight is 347 g/mol. The Hall–Kier alpha value is -2.37. The van der Waals surface area contributed by atoms with E-state index < -0.39 is 0 Å². The highest BCUT2D eigenvalue weighted by Crippen LogP contribution is 2.24. The molecule has 0 saturated heterocycles. The van der Waals surface area contributed by atoms with E-state index in [0.717, 1.165) is 11.1 Å². The van der Waals surface area contributed by atoms with Crippen LogP contribution in [0.25, 0.3) is 0 Å². The summed E-state index contributed by atoms with van der Waals surface area (Å²) >= 11 is 12.2. The maximum absolute atomic E-state index is 6.14. The molecule has 3 rings (SSSR count). The van der Waals surface area contributed by atoms with E-state index in [1.165, 1.54) is 17.3 Å². The highest BCUT2D eigenvalue weighted by atomic mass is 35.5. The van der Waals surface area contributed by atoms with E-state index >= 15 is 0 Å². The Bertz CT molecular complexity index is 819. The number of hydrogen-bond acceptors (Lipinski definition) is 4. The Balaban J connectivity index is 1.80.